The van der Waals surface area contributed by atoms with E-state index in [2.05, 4.69) is 35.9 Å². The van der Waals surface area contributed by atoms with Crippen molar-refractivity contribution in [3.8, 4) is 0 Å². The lowest BCUT2D eigenvalue weighted by Gasteiger charge is -2.30. The standard InChI is InChI=1S/C14H21N3/c1-3-7-11(2)13-10-16-14(15)17(13)12-8-5-4-6-9-12/h4-6,8-9,11,13H,3,7,10H2,1-2H3,(H2,15,16). The van der Waals surface area contributed by atoms with E-state index in [-0.39, 0.29) is 0 Å². The lowest BCUT2D eigenvalue weighted by Crippen LogP contribution is -2.44. The molecule has 2 atom stereocenters. The highest BCUT2D eigenvalue weighted by molar-refractivity contribution is 5.97. The van der Waals surface area contributed by atoms with Crippen LogP contribution in [0.3, 0.4) is 0 Å². The third-order valence-electron chi connectivity index (χ3n) is 3.45. The molecular formula is C14H21N3. The first-order chi connectivity index (χ1) is 8.24. The second-order valence-corrected chi connectivity index (χ2v) is 4.74. The minimum absolute atomic E-state index is 0.414. The van der Waals surface area contributed by atoms with Crippen LogP contribution in [-0.2, 0) is 0 Å². The molecule has 0 fully saturated rings. The number of nitrogens with zero attached hydrogens (tertiary/aromatic N) is 2. The minimum atomic E-state index is 0.414. The largest absolute Gasteiger partial charge is 0.370 e. The number of benzene rings is 1. The lowest BCUT2D eigenvalue weighted by molar-refractivity contribution is 0.439. The summed E-state index contributed by atoms with van der Waals surface area (Å²) >= 11 is 0. The maximum atomic E-state index is 6.01. The number of nitrogens with two attached hydrogens (primary N) is 1. The Kier molecular flexibility index (Phi) is 3.67. The Hall–Kier alpha value is -1.51. The zero-order valence-electron chi connectivity index (χ0n) is 10.6. The van der Waals surface area contributed by atoms with Gasteiger partial charge in [0.15, 0.2) is 5.96 Å². The van der Waals surface area contributed by atoms with Crippen LogP contribution in [0.4, 0.5) is 5.69 Å². The molecule has 0 radical (unpaired) electrons. The smallest absolute Gasteiger partial charge is 0.196 e. The highest BCUT2D eigenvalue weighted by atomic mass is 15.3. The van der Waals surface area contributed by atoms with Gasteiger partial charge in [-0.25, -0.2) is 0 Å². The Morgan fingerprint density at radius 2 is 2.12 bits per heavy atom. The molecule has 2 unspecified atom stereocenters. The fourth-order valence-corrected chi connectivity index (χ4v) is 2.51. The highest BCUT2D eigenvalue weighted by Crippen LogP contribution is 2.26. The van der Waals surface area contributed by atoms with Crippen molar-refractivity contribution in [3.63, 3.8) is 0 Å². The van der Waals surface area contributed by atoms with Gasteiger partial charge in [-0.1, -0.05) is 38.5 Å². The molecule has 0 saturated carbocycles. The van der Waals surface area contributed by atoms with Gasteiger partial charge in [-0.05, 0) is 24.5 Å². The van der Waals surface area contributed by atoms with Crippen LogP contribution in [0.5, 0.6) is 0 Å². The van der Waals surface area contributed by atoms with Crippen molar-refractivity contribution in [3.05, 3.63) is 30.3 Å². The van der Waals surface area contributed by atoms with Crippen molar-refractivity contribution in [2.24, 2.45) is 16.6 Å². The Balaban J connectivity index is 2.20. The molecule has 2 N–H and O–H groups in total. The van der Waals surface area contributed by atoms with Gasteiger partial charge in [0, 0.05) is 5.69 Å². The number of para-hydroxylation sites is 1. The van der Waals surface area contributed by atoms with Crippen LogP contribution in [0.15, 0.2) is 35.3 Å². The van der Waals surface area contributed by atoms with E-state index in [0.29, 0.717) is 17.9 Å². The quantitative estimate of drug-likeness (QED) is 0.865. The summed E-state index contributed by atoms with van der Waals surface area (Å²) < 4.78 is 0. The van der Waals surface area contributed by atoms with Crippen LogP contribution in [0.1, 0.15) is 26.7 Å². The van der Waals surface area contributed by atoms with Crippen molar-refractivity contribution >= 4 is 11.6 Å². The second kappa shape index (κ2) is 5.21. The van der Waals surface area contributed by atoms with E-state index < -0.39 is 0 Å². The predicted octanol–water partition coefficient (Wildman–Crippen LogP) is 2.63. The van der Waals surface area contributed by atoms with Crippen molar-refractivity contribution < 1.29 is 0 Å². The Bertz CT molecular complexity index is 386. The summed E-state index contributed by atoms with van der Waals surface area (Å²) in [5.41, 5.74) is 7.16. The van der Waals surface area contributed by atoms with E-state index >= 15 is 0 Å². The third-order valence-corrected chi connectivity index (χ3v) is 3.45. The third kappa shape index (κ3) is 2.43. The topological polar surface area (TPSA) is 41.6 Å². The van der Waals surface area contributed by atoms with E-state index in [4.69, 9.17) is 5.73 Å². The summed E-state index contributed by atoms with van der Waals surface area (Å²) in [6.07, 6.45) is 2.43. The molecule has 92 valence electrons. The Morgan fingerprint density at radius 1 is 1.41 bits per heavy atom. The molecule has 1 heterocycles. The van der Waals surface area contributed by atoms with Gasteiger partial charge in [0.05, 0.1) is 12.6 Å². The van der Waals surface area contributed by atoms with Crippen LogP contribution in [0.25, 0.3) is 0 Å². The summed E-state index contributed by atoms with van der Waals surface area (Å²) in [7, 11) is 0. The zero-order chi connectivity index (χ0) is 12.3. The molecule has 1 aliphatic heterocycles. The normalized spacial score (nSPS) is 21.4. The fraction of sp³-hybridized carbons (Fsp3) is 0.500. The van der Waals surface area contributed by atoms with Gasteiger partial charge in [-0.2, -0.15) is 0 Å². The molecule has 17 heavy (non-hydrogen) atoms. The van der Waals surface area contributed by atoms with E-state index in [1.807, 2.05) is 18.2 Å². The molecule has 0 aliphatic carbocycles. The van der Waals surface area contributed by atoms with Gasteiger partial charge >= 0.3 is 0 Å². The molecule has 1 aliphatic rings. The molecule has 1 aromatic carbocycles. The molecule has 3 heteroatoms. The number of anilines is 1. The SMILES string of the molecule is CCCC(C)C1CN=C(N)N1c1ccccc1. The van der Waals surface area contributed by atoms with E-state index in [1.54, 1.807) is 0 Å². The maximum absolute atomic E-state index is 6.01. The molecule has 2 rings (SSSR count). The van der Waals surface area contributed by atoms with Crippen molar-refractivity contribution in [1.29, 1.82) is 0 Å². The zero-order valence-corrected chi connectivity index (χ0v) is 10.6. The Labute approximate surface area is 103 Å². The van der Waals surface area contributed by atoms with Crippen molar-refractivity contribution in [2.45, 2.75) is 32.7 Å². The van der Waals surface area contributed by atoms with Crippen LogP contribution >= 0.6 is 0 Å². The van der Waals surface area contributed by atoms with Crippen LogP contribution in [0, 0.1) is 5.92 Å². The monoisotopic (exact) mass is 231 g/mol. The van der Waals surface area contributed by atoms with E-state index in [1.165, 1.54) is 12.8 Å². The molecule has 1 aromatic rings. The first kappa shape index (κ1) is 12.0. The maximum Gasteiger partial charge on any atom is 0.196 e. The van der Waals surface area contributed by atoms with Crippen LogP contribution in [0.2, 0.25) is 0 Å². The first-order valence-corrected chi connectivity index (χ1v) is 6.38. The molecule has 0 aromatic heterocycles. The number of rotatable bonds is 4. The number of hydrogen-bond donors (Lipinski definition) is 1. The molecule has 0 spiro atoms. The second-order valence-electron chi connectivity index (χ2n) is 4.74. The van der Waals surface area contributed by atoms with E-state index in [9.17, 15) is 0 Å². The molecule has 3 nitrogen and oxygen atoms in total. The molecule has 0 bridgehead atoms. The average molecular weight is 231 g/mol. The summed E-state index contributed by atoms with van der Waals surface area (Å²) in [5, 5.41) is 0. The van der Waals surface area contributed by atoms with E-state index in [0.717, 1.165) is 12.2 Å². The Morgan fingerprint density at radius 3 is 2.76 bits per heavy atom. The van der Waals surface area contributed by atoms with Gasteiger partial charge in [0.2, 0.25) is 0 Å². The van der Waals surface area contributed by atoms with Gasteiger partial charge in [-0.15, -0.1) is 0 Å². The minimum Gasteiger partial charge on any atom is -0.370 e. The number of hydrogen-bond acceptors (Lipinski definition) is 3. The van der Waals surface area contributed by atoms with Gasteiger partial charge in [0.1, 0.15) is 0 Å². The van der Waals surface area contributed by atoms with Gasteiger partial charge in [-0.3, -0.25) is 4.99 Å². The molecule has 0 saturated heterocycles. The summed E-state index contributed by atoms with van der Waals surface area (Å²) in [5.74, 6) is 1.27. The van der Waals surface area contributed by atoms with Crippen LogP contribution in [-0.4, -0.2) is 18.5 Å². The summed E-state index contributed by atoms with van der Waals surface area (Å²) in [6.45, 7) is 5.34. The average Bonchev–Trinajstić information content (AvgIpc) is 2.73. The lowest BCUT2D eigenvalue weighted by atomic mass is 9.96. The molecule has 0 amide bonds. The first-order valence-electron chi connectivity index (χ1n) is 6.38. The van der Waals surface area contributed by atoms with Gasteiger partial charge in [0.25, 0.3) is 0 Å². The van der Waals surface area contributed by atoms with Crippen molar-refractivity contribution in [2.75, 3.05) is 11.4 Å². The predicted molar refractivity (Wildman–Crippen MR) is 73.3 cm³/mol. The number of aliphatic imine (C=N–C) groups is 1. The molecular weight excluding hydrogens is 210 g/mol. The fourth-order valence-electron chi connectivity index (χ4n) is 2.51. The number of guanidine groups is 1. The van der Waals surface area contributed by atoms with Crippen molar-refractivity contribution in [1.82, 2.24) is 0 Å². The highest BCUT2D eigenvalue weighted by Gasteiger charge is 2.30. The summed E-state index contributed by atoms with van der Waals surface area (Å²) in [6, 6.07) is 10.7. The van der Waals surface area contributed by atoms with Gasteiger partial charge < -0.3 is 10.6 Å². The van der Waals surface area contributed by atoms with Crippen LogP contribution < -0.4 is 10.6 Å². The summed E-state index contributed by atoms with van der Waals surface area (Å²) in [4.78, 5) is 6.58.